The monoisotopic (exact) mass is 343 g/mol. The fourth-order valence-electron chi connectivity index (χ4n) is 2.67. The predicted molar refractivity (Wildman–Crippen MR) is 76.4 cm³/mol. The number of carbonyl (C=O) groups excluding carboxylic acids is 1. The maximum atomic E-state index is 13.4. The molecule has 1 aliphatic heterocycles. The molecule has 0 aliphatic carbocycles. The summed E-state index contributed by atoms with van der Waals surface area (Å²) in [5, 5.41) is 6.59. The summed E-state index contributed by atoms with van der Waals surface area (Å²) in [6, 6.07) is 3.77. The average molecular weight is 343 g/mol. The Labute approximate surface area is 133 Å². The first kappa shape index (κ1) is 16.2. The van der Waals surface area contributed by atoms with Gasteiger partial charge in [-0.1, -0.05) is 12.1 Å². The second-order valence-corrected chi connectivity index (χ2v) is 5.37. The molecule has 0 saturated heterocycles. The van der Waals surface area contributed by atoms with E-state index in [1.54, 1.807) is 0 Å². The number of nitrogens with two attached hydrogens (primary N) is 1. The molecule has 128 valence electrons. The van der Waals surface area contributed by atoms with Crippen LogP contribution in [0.2, 0.25) is 0 Å². The maximum absolute atomic E-state index is 13.4. The van der Waals surface area contributed by atoms with Gasteiger partial charge in [0.1, 0.15) is 11.6 Å². The summed E-state index contributed by atoms with van der Waals surface area (Å²) >= 11 is 0. The summed E-state index contributed by atoms with van der Waals surface area (Å²) in [5.41, 5.74) is 2.10. The summed E-state index contributed by atoms with van der Waals surface area (Å²) < 4.78 is 53.9. The van der Waals surface area contributed by atoms with Crippen LogP contribution in [0, 0.1) is 5.82 Å². The van der Waals surface area contributed by atoms with E-state index < -0.39 is 30.0 Å². The Bertz CT molecular complexity index is 756. The molecule has 0 bridgehead atoms. The number of nitrogen functional groups attached to an aromatic ring is 1. The van der Waals surface area contributed by atoms with Crippen molar-refractivity contribution in [3.63, 3.8) is 0 Å². The van der Waals surface area contributed by atoms with Crippen LogP contribution in [-0.4, -0.2) is 21.9 Å². The molecule has 1 amide bonds. The van der Waals surface area contributed by atoms with E-state index in [4.69, 9.17) is 5.84 Å². The average Bonchev–Trinajstić information content (AvgIpc) is 2.96. The molecule has 2 heterocycles. The van der Waals surface area contributed by atoms with E-state index in [1.807, 2.05) is 5.43 Å². The summed E-state index contributed by atoms with van der Waals surface area (Å²) in [6.07, 6.45) is -4.90. The molecular weight excluding hydrogens is 330 g/mol. The largest absolute Gasteiger partial charge is 0.410 e. The fourth-order valence-corrected chi connectivity index (χ4v) is 2.67. The predicted octanol–water partition coefficient (Wildman–Crippen LogP) is 2.29. The minimum Gasteiger partial charge on any atom is -0.363 e. The van der Waals surface area contributed by atoms with Gasteiger partial charge in [0.2, 0.25) is 0 Å². The van der Waals surface area contributed by atoms with Crippen LogP contribution in [0.1, 0.15) is 34.6 Å². The number of halogens is 4. The molecule has 6 nitrogen and oxygen atoms in total. The number of hydrogen-bond acceptors (Lipinski definition) is 4. The summed E-state index contributed by atoms with van der Waals surface area (Å²) in [6.45, 7) is 0. The van der Waals surface area contributed by atoms with Crippen molar-refractivity contribution < 1.29 is 22.4 Å². The van der Waals surface area contributed by atoms with Gasteiger partial charge in [-0.05, 0) is 17.7 Å². The molecule has 3 rings (SSSR count). The SMILES string of the molecule is NNC(=O)c1cc2n(n1)[C@@H](C(F)(F)F)C[C@@H](c1ccc(F)cc1)N2. The molecule has 0 unspecified atom stereocenters. The third-order valence-corrected chi connectivity index (χ3v) is 3.83. The van der Waals surface area contributed by atoms with Crippen molar-refractivity contribution in [2.24, 2.45) is 5.84 Å². The van der Waals surface area contributed by atoms with Crippen molar-refractivity contribution in [1.82, 2.24) is 15.2 Å². The lowest BCUT2D eigenvalue weighted by molar-refractivity contribution is -0.173. The number of nitrogens with one attached hydrogen (secondary N) is 2. The number of nitrogens with zero attached hydrogens (tertiary/aromatic N) is 2. The van der Waals surface area contributed by atoms with Gasteiger partial charge in [0.25, 0.3) is 5.91 Å². The lowest BCUT2D eigenvalue weighted by atomic mass is 9.97. The number of hydrogen-bond donors (Lipinski definition) is 3. The molecule has 2 aromatic rings. The molecule has 0 radical (unpaired) electrons. The van der Waals surface area contributed by atoms with Crippen LogP contribution in [0.15, 0.2) is 30.3 Å². The van der Waals surface area contributed by atoms with E-state index in [9.17, 15) is 22.4 Å². The molecule has 1 aliphatic rings. The van der Waals surface area contributed by atoms with E-state index in [-0.39, 0.29) is 17.9 Å². The van der Waals surface area contributed by atoms with E-state index >= 15 is 0 Å². The quantitative estimate of drug-likeness (QED) is 0.338. The normalized spacial score (nSPS) is 20.2. The second-order valence-electron chi connectivity index (χ2n) is 5.37. The molecule has 0 spiro atoms. The highest BCUT2D eigenvalue weighted by molar-refractivity contribution is 5.92. The Morgan fingerprint density at radius 2 is 2.00 bits per heavy atom. The Morgan fingerprint density at radius 3 is 2.58 bits per heavy atom. The zero-order valence-corrected chi connectivity index (χ0v) is 12.1. The van der Waals surface area contributed by atoms with Gasteiger partial charge in [0.05, 0.1) is 6.04 Å². The van der Waals surface area contributed by atoms with Crippen molar-refractivity contribution >= 4 is 11.7 Å². The fraction of sp³-hybridized carbons (Fsp3) is 0.286. The van der Waals surface area contributed by atoms with E-state index in [1.165, 1.54) is 30.3 Å². The van der Waals surface area contributed by atoms with Crippen molar-refractivity contribution in [2.75, 3.05) is 5.32 Å². The molecule has 1 aromatic carbocycles. The van der Waals surface area contributed by atoms with Crippen molar-refractivity contribution in [3.05, 3.63) is 47.4 Å². The Balaban J connectivity index is 2.00. The molecule has 1 aromatic heterocycles. The van der Waals surface area contributed by atoms with Gasteiger partial charge >= 0.3 is 6.18 Å². The summed E-state index contributed by atoms with van der Waals surface area (Å²) in [5.74, 6) is 3.75. The third kappa shape index (κ3) is 2.92. The highest BCUT2D eigenvalue weighted by Gasteiger charge is 2.46. The summed E-state index contributed by atoms with van der Waals surface area (Å²) in [7, 11) is 0. The number of aromatic nitrogens is 2. The molecule has 24 heavy (non-hydrogen) atoms. The zero-order chi connectivity index (χ0) is 17.5. The lowest BCUT2D eigenvalue weighted by Gasteiger charge is -2.33. The number of rotatable bonds is 2. The van der Waals surface area contributed by atoms with Crippen LogP contribution in [0.3, 0.4) is 0 Å². The Morgan fingerprint density at radius 1 is 1.33 bits per heavy atom. The van der Waals surface area contributed by atoms with Gasteiger partial charge in [-0.15, -0.1) is 0 Å². The minimum absolute atomic E-state index is 0.0384. The van der Waals surface area contributed by atoms with Crippen LogP contribution in [-0.2, 0) is 0 Å². The van der Waals surface area contributed by atoms with Gasteiger partial charge < -0.3 is 5.32 Å². The van der Waals surface area contributed by atoms with Gasteiger partial charge in [-0.3, -0.25) is 10.2 Å². The number of benzene rings is 1. The first-order valence-electron chi connectivity index (χ1n) is 6.99. The van der Waals surface area contributed by atoms with Crippen LogP contribution in [0.4, 0.5) is 23.4 Å². The number of hydrazine groups is 1. The van der Waals surface area contributed by atoms with Crippen molar-refractivity contribution in [3.8, 4) is 0 Å². The minimum atomic E-state index is -4.56. The van der Waals surface area contributed by atoms with Gasteiger partial charge in [-0.25, -0.2) is 14.9 Å². The smallest absolute Gasteiger partial charge is 0.363 e. The molecule has 2 atom stereocenters. The summed E-state index contributed by atoms with van der Waals surface area (Å²) in [4.78, 5) is 11.5. The standard InChI is InChI=1S/C14H13F4N5O/c15-8-3-1-7(2-4-8)9-5-11(14(16,17)18)23-12(20-9)6-10(22-23)13(24)21-19/h1-4,6,9,11,20H,5,19H2,(H,21,24)/t9-,11+/m0/s1. The van der Waals surface area contributed by atoms with Crippen LogP contribution in [0.25, 0.3) is 0 Å². The Hall–Kier alpha value is -2.62. The van der Waals surface area contributed by atoms with Gasteiger partial charge in [0, 0.05) is 12.5 Å². The maximum Gasteiger partial charge on any atom is 0.410 e. The number of fused-ring (bicyclic) bond motifs is 1. The second kappa shape index (κ2) is 5.78. The number of carbonyl (C=O) groups is 1. The van der Waals surface area contributed by atoms with Crippen molar-refractivity contribution in [1.29, 1.82) is 0 Å². The molecule has 10 heteroatoms. The van der Waals surface area contributed by atoms with Crippen LogP contribution >= 0.6 is 0 Å². The van der Waals surface area contributed by atoms with Gasteiger partial charge in [-0.2, -0.15) is 18.3 Å². The number of anilines is 1. The highest BCUT2D eigenvalue weighted by atomic mass is 19.4. The first-order chi connectivity index (χ1) is 11.3. The third-order valence-electron chi connectivity index (χ3n) is 3.83. The lowest BCUT2D eigenvalue weighted by Crippen LogP contribution is -2.36. The van der Waals surface area contributed by atoms with Crippen molar-refractivity contribution in [2.45, 2.75) is 24.7 Å². The topological polar surface area (TPSA) is 85.0 Å². The highest BCUT2D eigenvalue weighted by Crippen LogP contribution is 2.43. The van der Waals surface area contributed by atoms with E-state index in [2.05, 4.69) is 10.4 Å². The zero-order valence-electron chi connectivity index (χ0n) is 12.1. The van der Waals surface area contributed by atoms with E-state index in [0.717, 1.165) is 4.68 Å². The molecule has 0 saturated carbocycles. The number of alkyl halides is 3. The first-order valence-corrected chi connectivity index (χ1v) is 6.99. The number of amides is 1. The van der Waals surface area contributed by atoms with Crippen LogP contribution < -0.4 is 16.6 Å². The molecule has 0 fully saturated rings. The van der Waals surface area contributed by atoms with Crippen LogP contribution in [0.5, 0.6) is 0 Å². The molecule has 4 N–H and O–H groups in total. The van der Waals surface area contributed by atoms with E-state index in [0.29, 0.717) is 5.56 Å². The van der Waals surface area contributed by atoms with Gasteiger partial charge in [0.15, 0.2) is 11.7 Å². The Kier molecular flexibility index (Phi) is 3.91. The molecular formula is C14H13F4N5O.